The van der Waals surface area contributed by atoms with Gasteiger partial charge in [-0.15, -0.1) is 0 Å². The molecule has 1 fully saturated rings. The van der Waals surface area contributed by atoms with Gasteiger partial charge in [0.15, 0.2) is 0 Å². The van der Waals surface area contributed by atoms with Crippen LogP contribution in [0, 0.1) is 11.8 Å². The van der Waals surface area contributed by atoms with E-state index >= 15 is 0 Å². The first kappa shape index (κ1) is 12.0. The minimum atomic E-state index is -0.280. The Balaban J connectivity index is 2.38. The maximum Gasteiger partial charge on any atom is 0.0740 e. The Labute approximate surface area is 86.8 Å². The number of nitrogens with one attached hydrogen (secondary N) is 1. The summed E-state index contributed by atoms with van der Waals surface area (Å²) in [4.78, 5) is 0. The van der Waals surface area contributed by atoms with Gasteiger partial charge in [0.05, 0.1) is 12.7 Å². The molecule has 14 heavy (non-hydrogen) atoms. The predicted molar refractivity (Wildman–Crippen MR) is 57.2 cm³/mol. The van der Waals surface area contributed by atoms with E-state index < -0.39 is 0 Å². The zero-order valence-corrected chi connectivity index (χ0v) is 9.49. The van der Waals surface area contributed by atoms with Crippen LogP contribution in [0.3, 0.4) is 0 Å². The zero-order chi connectivity index (χ0) is 10.6. The number of aliphatic hydroxyl groups is 1. The highest BCUT2D eigenvalue weighted by Crippen LogP contribution is 2.20. The van der Waals surface area contributed by atoms with Crippen LogP contribution in [0.1, 0.15) is 26.7 Å². The highest BCUT2D eigenvalue weighted by atomic mass is 16.5. The summed E-state index contributed by atoms with van der Waals surface area (Å²) >= 11 is 0. The topological polar surface area (TPSA) is 41.5 Å². The molecular formula is C11H23NO2. The molecule has 0 amide bonds. The van der Waals surface area contributed by atoms with Crippen LogP contribution in [-0.4, -0.2) is 37.5 Å². The monoisotopic (exact) mass is 201 g/mol. The highest BCUT2D eigenvalue weighted by molar-refractivity contribution is 4.84. The third-order valence-corrected chi connectivity index (χ3v) is 3.12. The summed E-state index contributed by atoms with van der Waals surface area (Å²) in [5.74, 6) is 0.938. The van der Waals surface area contributed by atoms with Gasteiger partial charge in [-0.1, -0.05) is 13.8 Å². The maximum absolute atomic E-state index is 10.0. The first-order valence-corrected chi connectivity index (χ1v) is 5.55. The molecule has 0 radical (unpaired) electrons. The minimum Gasteiger partial charge on any atom is -0.391 e. The Bertz CT molecular complexity index is 163. The average Bonchev–Trinajstić information content (AvgIpc) is 2.17. The van der Waals surface area contributed by atoms with Crippen molar-refractivity contribution in [1.29, 1.82) is 0 Å². The SMILES string of the molecule is COCC(C)C(O)C1CC(C)CCN1. The molecule has 0 aliphatic carbocycles. The molecule has 0 bridgehead atoms. The zero-order valence-electron chi connectivity index (χ0n) is 9.49. The molecule has 1 rings (SSSR count). The van der Waals surface area contributed by atoms with E-state index in [1.54, 1.807) is 7.11 Å². The van der Waals surface area contributed by atoms with Crippen molar-refractivity contribution in [2.24, 2.45) is 11.8 Å². The van der Waals surface area contributed by atoms with Gasteiger partial charge in [-0.3, -0.25) is 0 Å². The molecule has 4 atom stereocenters. The lowest BCUT2D eigenvalue weighted by molar-refractivity contribution is 0.0203. The summed E-state index contributed by atoms with van der Waals surface area (Å²) in [5.41, 5.74) is 0. The van der Waals surface area contributed by atoms with Crippen molar-refractivity contribution in [3.8, 4) is 0 Å². The number of ether oxygens (including phenoxy) is 1. The first-order valence-electron chi connectivity index (χ1n) is 5.55. The van der Waals surface area contributed by atoms with Crippen molar-refractivity contribution in [1.82, 2.24) is 5.32 Å². The molecule has 3 nitrogen and oxygen atoms in total. The molecule has 0 aromatic carbocycles. The van der Waals surface area contributed by atoms with E-state index in [2.05, 4.69) is 12.2 Å². The van der Waals surface area contributed by atoms with Gasteiger partial charge < -0.3 is 15.2 Å². The molecule has 0 saturated carbocycles. The largest absolute Gasteiger partial charge is 0.391 e. The van der Waals surface area contributed by atoms with Gasteiger partial charge in [-0.25, -0.2) is 0 Å². The average molecular weight is 201 g/mol. The molecule has 1 heterocycles. The van der Waals surface area contributed by atoms with Crippen molar-refractivity contribution >= 4 is 0 Å². The van der Waals surface area contributed by atoms with Crippen LogP contribution in [0.25, 0.3) is 0 Å². The summed E-state index contributed by atoms with van der Waals surface area (Å²) < 4.78 is 5.05. The molecule has 1 saturated heterocycles. The van der Waals surface area contributed by atoms with Crippen LogP contribution < -0.4 is 5.32 Å². The van der Waals surface area contributed by atoms with Crippen molar-refractivity contribution < 1.29 is 9.84 Å². The van der Waals surface area contributed by atoms with E-state index in [9.17, 15) is 5.11 Å². The summed E-state index contributed by atoms with van der Waals surface area (Å²) in [6, 6.07) is 0.254. The number of hydrogen-bond acceptors (Lipinski definition) is 3. The third-order valence-electron chi connectivity index (χ3n) is 3.12. The lowest BCUT2D eigenvalue weighted by atomic mass is 9.87. The summed E-state index contributed by atoms with van der Waals surface area (Å²) in [5, 5.41) is 13.4. The number of rotatable bonds is 4. The van der Waals surface area contributed by atoms with Gasteiger partial charge in [0, 0.05) is 19.1 Å². The molecule has 0 aromatic heterocycles. The molecule has 2 N–H and O–H groups in total. The Morgan fingerprint density at radius 2 is 2.29 bits per heavy atom. The number of methoxy groups -OCH3 is 1. The van der Waals surface area contributed by atoms with E-state index in [-0.39, 0.29) is 18.1 Å². The van der Waals surface area contributed by atoms with Gasteiger partial charge in [0.1, 0.15) is 0 Å². The standard InChI is InChI=1S/C11H23NO2/c1-8-4-5-12-10(6-8)11(13)9(2)7-14-3/h8-13H,4-7H2,1-3H3. The normalized spacial score (nSPS) is 32.6. The van der Waals surface area contributed by atoms with Crippen molar-refractivity contribution in [3.05, 3.63) is 0 Å². The Hall–Kier alpha value is -0.120. The predicted octanol–water partition coefficient (Wildman–Crippen LogP) is 1.02. The molecular weight excluding hydrogens is 178 g/mol. The van der Waals surface area contributed by atoms with E-state index in [1.807, 2.05) is 6.92 Å². The Morgan fingerprint density at radius 3 is 2.86 bits per heavy atom. The lowest BCUT2D eigenvalue weighted by Gasteiger charge is -2.34. The molecule has 0 aromatic rings. The number of piperidine rings is 1. The van der Waals surface area contributed by atoms with Crippen LogP contribution in [0.15, 0.2) is 0 Å². The van der Waals surface area contributed by atoms with Crippen molar-refractivity contribution in [2.75, 3.05) is 20.3 Å². The molecule has 84 valence electrons. The lowest BCUT2D eigenvalue weighted by Crippen LogP contribution is -2.48. The highest BCUT2D eigenvalue weighted by Gasteiger charge is 2.28. The first-order chi connectivity index (χ1) is 6.65. The van der Waals surface area contributed by atoms with Gasteiger partial charge in [0.2, 0.25) is 0 Å². The van der Waals surface area contributed by atoms with Crippen LogP contribution in [-0.2, 0) is 4.74 Å². The second-order valence-electron chi connectivity index (χ2n) is 4.61. The molecule has 0 spiro atoms. The van der Waals surface area contributed by atoms with E-state index in [0.717, 1.165) is 18.9 Å². The Kier molecular flexibility index (Phi) is 4.85. The second kappa shape index (κ2) is 5.69. The minimum absolute atomic E-state index is 0.211. The van der Waals surface area contributed by atoms with Crippen molar-refractivity contribution in [2.45, 2.75) is 38.8 Å². The molecule has 1 aliphatic heterocycles. The quantitative estimate of drug-likeness (QED) is 0.713. The third kappa shape index (κ3) is 3.23. The fourth-order valence-corrected chi connectivity index (χ4v) is 2.17. The van der Waals surface area contributed by atoms with Gasteiger partial charge >= 0.3 is 0 Å². The van der Waals surface area contributed by atoms with Gasteiger partial charge in [0.25, 0.3) is 0 Å². The van der Waals surface area contributed by atoms with Crippen LogP contribution >= 0.6 is 0 Å². The summed E-state index contributed by atoms with van der Waals surface area (Å²) in [7, 11) is 1.68. The number of hydrogen-bond donors (Lipinski definition) is 2. The van der Waals surface area contributed by atoms with Gasteiger partial charge in [-0.05, 0) is 25.3 Å². The van der Waals surface area contributed by atoms with Crippen LogP contribution in [0.5, 0.6) is 0 Å². The second-order valence-corrected chi connectivity index (χ2v) is 4.61. The fourth-order valence-electron chi connectivity index (χ4n) is 2.17. The van der Waals surface area contributed by atoms with Crippen LogP contribution in [0.4, 0.5) is 0 Å². The van der Waals surface area contributed by atoms with Gasteiger partial charge in [-0.2, -0.15) is 0 Å². The number of aliphatic hydroxyl groups excluding tert-OH is 1. The maximum atomic E-state index is 10.0. The Morgan fingerprint density at radius 1 is 1.57 bits per heavy atom. The molecule has 3 heteroatoms. The summed E-state index contributed by atoms with van der Waals surface area (Å²) in [6.45, 7) is 5.95. The summed E-state index contributed by atoms with van der Waals surface area (Å²) in [6.07, 6.45) is 2.02. The fraction of sp³-hybridized carbons (Fsp3) is 1.00. The van der Waals surface area contributed by atoms with E-state index in [0.29, 0.717) is 6.61 Å². The van der Waals surface area contributed by atoms with E-state index in [1.165, 1.54) is 6.42 Å². The van der Waals surface area contributed by atoms with Crippen molar-refractivity contribution in [3.63, 3.8) is 0 Å². The van der Waals surface area contributed by atoms with Crippen LogP contribution in [0.2, 0.25) is 0 Å². The molecule has 1 aliphatic rings. The molecule has 4 unspecified atom stereocenters. The smallest absolute Gasteiger partial charge is 0.0740 e. The van der Waals surface area contributed by atoms with E-state index in [4.69, 9.17) is 4.74 Å².